The Kier molecular flexibility index (Phi) is 12.3. The van der Waals surface area contributed by atoms with Gasteiger partial charge in [0.25, 0.3) is 0 Å². The highest BCUT2D eigenvalue weighted by Gasteiger charge is 2.24. The predicted molar refractivity (Wildman–Crippen MR) is 103 cm³/mol. The summed E-state index contributed by atoms with van der Waals surface area (Å²) in [4.78, 5) is 5.44. The minimum atomic E-state index is 0.674. The number of allylic oxidation sites excluding steroid dienone is 2. The van der Waals surface area contributed by atoms with Crippen molar-refractivity contribution in [1.29, 1.82) is 0 Å². The average molecular weight is 340 g/mol. The van der Waals surface area contributed by atoms with E-state index in [0.717, 1.165) is 32.0 Å². The van der Waals surface area contributed by atoms with E-state index in [1.54, 1.807) is 5.06 Å². The first kappa shape index (κ1) is 21.5. The van der Waals surface area contributed by atoms with E-state index in [1.165, 1.54) is 63.5 Å². The van der Waals surface area contributed by atoms with Gasteiger partial charge in [-0.25, -0.2) is 0 Å². The Balaban J connectivity index is 2.34. The quantitative estimate of drug-likeness (QED) is 0.235. The Bertz CT molecular complexity index is 320. The lowest BCUT2D eigenvalue weighted by Gasteiger charge is -2.30. The topological polar surface area (TPSA) is 21.7 Å². The Labute approximate surface area is 150 Å². The molecule has 1 aliphatic rings. The standard InChI is InChI=1S/C21H41NO2/c1-5-7-8-12-21(23-17-9-10-18-24-22(3)4)20-15-13-19(11-6-2)14-16-20/h12,19-20H,5-11,13-18H2,1-4H3/b21-12-. The van der Waals surface area contributed by atoms with E-state index in [4.69, 9.17) is 9.57 Å². The molecule has 0 bridgehead atoms. The molecular weight excluding hydrogens is 298 g/mol. The van der Waals surface area contributed by atoms with E-state index in [1.807, 2.05) is 14.1 Å². The molecule has 142 valence electrons. The van der Waals surface area contributed by atoms with Crippen LogP contribution >= 0.6 is 0 Å². The van der Waals surface area contributed by atoms with E-state index < -0.39 is 0 Å². The first-order valence-corrected chi connectivity index (χ1v) is 10.3. The Morgan fingerprint density at radius 2 is 1.67 bits per heavy atom. The van der Waals surface area contributed by atoms with Gasteiger partial charge in [0.15, 0.2) is 0 Å². The van der Waals surface area contributed by atoms with Crippen molar-refractivity contribution in [2.45, 2.75) is 84.5 Å². The van der Waals surface area contributed by atoms with Crippen molar-refractivity contribution in [2.75, 3.05) is 27.3 Å². The lowest BCUT2D eigenvalue weighted by molar-refractivity contribution is -0.121. The molecule has 0 atom stereocenters. The second-order valence-electron chi connectivity index (χ2n) is 7.46. The van der Waals surface area contributed by atoms with Gasteiger partial charge in [-0.3, -0.25) is 4.84 Å². The summed E-state index contributed by atoms with van der Waals surface area (Å²) < 4.78 is 6.22. The minimum absolute atomic E-state index is 0.674. The second-order valence-corrected chi connectivity index (χ2v) is 7.46. The molecule has 0 heterocycles. The fraction of sp³-hybridized carbons (Fsp3) is 0.905. The van der Waals surface area contributed by atoms with Crippen LogP contribution in [0.3, 0.4) is 0 Å². The number of hydrogen-bond acceptors (Lipinski definition) is 3. The van der Waals surface area contributed by atoms with E-state index >= 15 is 0 Å². The molecule has 0 aromatic rings. The van der Waals surface area contributed by atoms with Gasteiger partial charge in [0.05, 0.1) is 19.0 Å². The maximum Gasteiger partial charge on any atom is 0.0950 e. The smallest absolute Gasteiger partial charge is 0.0950 e. The molecule has 3 nitrogen and oxygen atoms in total. The first-order chi connectivity index (χ1) is 11.7. The van der Waals surface area contributed by atoms with Crippen molar-refractivity contribution in [3.63, 3.8) is 0 Å². The number of unbranched alkanes of at least 4 members (excludes halogenated alkanes) is 3. The van der Waals surface area contributed by atoms with Crippen LogP contribution < -0.4 is 0 Å². The lowest BCUT2D eigenvalue weighted by atomic mass is 9.79. The fourth-order valence-electron chi connectivity index (χ4n) is 3.58. The number of hydrogen-bond donors (Lipinski definition) is 0. The number of rotatable bonds is 13. The molecular formula is C21H41NO2. The molecule has 3 heteroatoms. The SMILES string of the molecule is CCCC/C=C(\OCCCCON(C)C)C1CCC(CCC)CC1. The molecule has 24 heavy (non-hydrogen) atoms. The normalized spacial score (nSPS) is 22.1. The maximum absolute atomic E-state index is 6.22. The molecule has 0 amide bonds. The Morgan fingerprint density at radius 3 is 2.29 bits per heavy atom. The number of ether oxygens (including phenoxy) is 1. The summed E-state index contributed by atoms with van der Waals surface area (Å²) in [7, 11) is 3.86. The molecule has 0 aromatic carbocycles. The summed E-state index contributed by atoms with van der Waals surface area (Å²) in [6.07, 6.45) is 16.4. The van der Waals surface area contributed by atoms with Gasteiger partial charge >= 0.3 is 0 Å². The zero-order chi connectivity index (χ0) is 17.6. The van der Waals surface area contributed by atoms with Crippen LogP contribution in [0.2, 0.25) is 0 Å². The molecule has 0 spiro atoms. The monoisotopic (exact) mass is 339 g/mol. The molecule has 0 aromatic heterocycles. The van der Waals surface area contributed by atoms with Crippen LogP contribution in [0.25, 0.3) is 0 Å². The van der Waals surface area contributed by atoms with E-state index in [-0.39, 0.29) is 0 Å². The molecule has 1 saturated carbocycles. The van der Waals surface area contributed by atoms with Gasteiger partial charge in [0.1, 0.15) is 0 Å². The summed E-state index contributed by atoms with van der Waals surface area (Å²) in [6.45, 7) is 6.19. The van der Waals surface area contributed by atoms with Crippen molar-refractivity contribution < 1.29 is 9.57 Å². The van der Waals surface area contributed by atoms with Crippen LogP contribution in [0.5, 0.6) is 0 Å². The molecule has 1 aliphatic carbocycles. The van der Waals surface area contributed by atoms with Crippen LogP contribution in [0.1, 0.15) is 84.5 Å². The van der Waals surface area contributed by atoms with Gasteiger partial charge < -0.3 is 4.74 Å². The predicted octanol–water partition coefficient (Wildman–Crippen LogP) is 5.96. The zero-order valence-electron chi connectivity index (χ0n) is 16.7. The second kappa shape index (κ2) is 13.7. The molecule has 0 unspecified atom stereocenters. The molecule has 1 rings (SSSR count). The molecule has 0 radical (unpaired) electrons. The number of nitrogens with zero attached hydrogens (tertiary/aromatic N) is 1. The Morgan fingerprint density at radius 1 is 0.958 bits per heavy atom. The Hall–Kier alpha value is -0.540. The third-order valence-corrected chi connectivity index (χ3v) is 5.01. The molecule has 1 fully saturated rings. The summed E-state index contributed by atoms with van der Waals surface area (Å²) in [5.41, 5.74) is 0. The van der Waals surface area contributed by atoms with Gasteiger partial charge in [0.2, 0.25) is 0 Å². The highest BCUT2D eigenvalue weighted by atomic mass is 16.7. The van der Waals surface area contributed by atoms with Crippen molar-refractivity contribution in [3.8, 4) is 0 Å². The number of hydroxylamine groups is 2. The zero-order valence-corrected chi connectivity index (χ0v) is 16.7. The molecule has 0 aliphatic heterocycles. The van der Waals surface area contributed by atoms with Gasteiger partial charge in [0, 0.05) is 20.0 Å². The molecule has 0 N–H and O–H groups in total. The van der Waals surface area contributed by atoms with E-state index in [0.29, 0.717) is 5.92 Å². The lowest BCUT2D eigenvalue weighted by Crippen LogP contribution is -2.18. The van der Waals surface area contributed by atoms with Crippen LogP contribution in [-0.4, -0.2) is 32.4 Å². The van der Waals surface area contributed by atoms with Gasteiger partial charge in [-0.1, -0.05) is 33.1 Å². The van der Waals surface area contributed by atoms with Gasteiger partial charge in [-0.15, -0.1) is 0 Å². The summed E-state index contributed by atoms with van der Waals surface area (Å²) in [5.74, 6) is 2.94. The highest BCUT2D eigenvalue weighted by molar-refractivity contribution is 5.00. The highest BCUT2D eigenvalue weighted by Crippen LogP contribution is 2.36. The minimum Gasteiger partial charge on any atom is -0.498 e. The van der Waals surface area contributed by atoms with Crippen molar-refractivity contribution >= 4 is 0 Å². The largest absolute Gasteiger partial charge is 0.498 e. The van der Waals surface area contributed by atoms with Crippen LogP contribution in [-0.2, 0) is 9.57 Å². The van der Waals surface area contributed by atoms with Crippen molar-refractivity contribution in [1.82, 2.24) is 5.06 Å². The van der Waals surface area contributed by atoms with Crippen molar-refractivity contribution in [2.24, 2.45) is 11.8 Å². The van der Waals surface area contributed by atoms with Crippen LogP contribution in [0, 0.1) is 11.8 Å². The van der Waals surface area contributed by atoms with Gasteiger partial charge in [-0.05, 0) is 63.4 Å². The summed E-state index contributed by atoms with van der Waals surface area (Å²) in [6, 6.07) is 0. The maximum atomic E-state index is 6.22. The first-order valence-electron chi connectivity index (χ1n) is 10.3. The van der Waals surface area contributed by atoms with Gasteiger partial charge in [-0.2, -0.15) is 5.06 Å². The van der Waals surface area contributed by atoms with E-state index in [2.05, 4.69) is 19.9 Å². The van der Waals surface area contributed by atoms with Crippen molar-refractivity contribution in [3.05, 3.63) is 11.8 Å². The summed E-state index contributed by atoms with van der Waals surface area (Å²) >= 11 is 0. The third kappa shape index (κ3) is 9.68. The van der Waals surface area contributed by atoms with E-state index in [9.17, 15) is 0 Å². The van der Waals surface area contributed by atoms with Crippen LogP contribution in [0.4, 0.5) is 0 Å². The van der Waals surface area contributed by atoms with Crippen LogP contribution in [0.15, 0.2) is 11.8 Å². The average Bonchev–Trinajstić information content (AvgIpc) is 2.57. The molecule has 0 saturated heterocycles. The summed E-state index contributed by atoms with van der Waals surface area (Å²) in [5, 5.41) is 1.77. The third-order valence-electron chi connectivity index (χ3n) is 5.01. The fourth-order valence-corrected chi connectivity index (χ4v) is 3.58.